The minimum Gasteiger partial charge on any atom is -0.462 e. The Morgan fingerprint density at radius 2 is 0.547 bits per heavy atom. The summed E-state index contributed by atoms with van der Waals surface area (Å²) in [7, 11) is -4.42. The number of hydrogen-bond donors (Lipinski definition) is 2. The Bertz CT molecular complexity index is 2270. The molecule has 10 heteroatoms. The molecule has 0 radical (unpaired) electrons. The molecule has 0 heterocycles. The zero-order chi connectivity index (χ0) is 68.6. The lowest BCUT2D eigenvalue weighted by molar-refractivity contribution is -0.161. The van der Waals surface area contributed by atoms with Gasteiger partial charge in [0.05, 0.1) is 13.2 Å². The predicted molar refractivity (Wildman–Crippen MR) is 412 cm³/mol. The van der Waals surface area contributed by atoms with Crippen LogP contribution in [0.3, 0.4) is 0 Å². The molecule has 0 saturated carbocycles. The van der Waals surface area contributed by atoms with E-state index >= 15 is 0 Å². The SMILES string of the molecule is CC/C=C\C/C=C\C/C=C\C/C=C\C/C=C\C/C=C\C/C=C\C/C=C\C/C=C\C/C=C\C/C=C\C/C=C\CCCCCCC(=O)OC(COC(=O)CCCCCCCCCCCCCCCCCCCCCC/C=C\C/C=C\C/C=C\C/C=C\CC)COP(=O)(O)OCCN. The number of phosphoric ester groups is 1. The molecule has 0 rings (SSSR count). The molecule has 536 valence electrons. The highest BCUT2D eigenvalue weighted by molar-refractivity contribution is 7.47. The molecular formula is C85H138NO8P. The number of carbonyl (C=O) groups is 2. The molecule has 2 unspecified atom stereocenters. The largest absolute Gasteiger partial charge is 0.472 e. The van der Waals surface area contributed by atoms with Crippen molar-refractivity contribution in [3.05, 3.63) is 194 Å². The van der Waals surface area contributed by atoms with Crippen molar-refractivity contribution in [2.24, 2.45) is 5.73 Å². The quantitative estimate of drug-likeness (QED) is 0.0264. The van der Waals surface area contributed by atoms with Gasteiger partial charge in [-0.3, -0.25) is 18.6 Å². The van der Waals surface area contributed by atoms with Gasteiger partial charge >= 0.3 is 19.8 Å². The van der Waals surface area contributed by atoms with E-state index in [0.29, 0.717) is 6.42 Å². The fourth-order valence-corrected chi connectivity index (χ4v) is 10.7. The van der Waals surface area contributed by atoms with E-state index in [2.05, 4.69) is 208 Å². The molecule has 0 saturated heterocycles. The zero-order valence-corrected chi connectivity index (χ0v) is 61.2. The number of allylic oxidation sites excluding steroid dienone is 32. The summed E-state index contributed by atoms with van der Waals surface area (Å²) in [6.45, 7) is 3.49. The summed E-state index contributed by atoms with van der Waals surface area (Å²) in [5.41, 5.74) is 5.41. The number of esters is 2. The first-order valence-electron chi connectivity index (χ1n) is 37.9. The average molecular weight is 1330 g/mol. The van der Waals surface area contributed by atoms with E-state index in [-0.39, 0.29) is 32.6 Å². The summed E-state index contributed by atoms with van der Waals surface area (Å²) < 4.78 is 33.2. The fourth-order valence-electron chi connectivity index (χ4n) is 9.96. The first-order valence-corrected chi connectivity index (χ1v) is 39.4. The van der Waals surface area contributed by atoms with Gasteiger partial charge in [0, 0.05) is 19.4 Å². The van der Waals surface area contributed by atoms with Gasteiger partial charge < -0.3 is 20.1 Å². The lowest BCUT2D eigenvalue weighted by Gasteiger charge is -2.19. The summed E-state index contributed by atoms with van der Waals surface area (Å²) in [5.74, 6) is -0.861. The standard InChI is InChI=1S/C85H138NO8P/c1-3-5-7-9-11-13-15-17-19-21-23-25-27-29-31-33-35-37-38-39-40-41-42-43-44-46-48-50-52-54-56-58-60-62-64-66-68-70-72-74-76-78-85(88)94-83(82-93-95(89,90)92-80-79-86)81-91-84(87)77-75-73-71-69-67-65-63-61-59-57-55-53-51-49-47-45-36-34-32-30-28-26-24-22-20-18-16-14-12-10-8-6-4-2/h5-8,11-14,17-20,23-26,29,31,35,37,39-40,42-43,46,48,52,54,58,60,64,66,83H,3-4,9-10,15-16,21-22,27-28,30,32-34,36,38,41,44-45,47,49-51,53,55-57,59,61-63,65,67-82,86H2,1-2H3,(H,89,90)/b7-5-,8-6-,13-11-,14-12-,19-17-,20-18-,25-23-,26-24-,31-29-,37-35-,40-39-,43-42-,48-46-,54-52-,60-58-,66-64-. The molecule has 0 aromatic rings. The van der Waals surface area contributed by atoms with Crippen molar-refractivity contribution < 1.29 is 37.6 Å². The van der Waals surface area contributed by atoms with E-state index < -0.39 is 32.5 Å². The molecule has 0 aromatic heterocycles. The molecule has 9 nitrogen and oxygen atoms in total. The van der Waals surface area contributed by atoms with Gasteiger partial charge in [0.15, 0.2) is 6.10 Å². The minimum atomic E-state index is -4.42. The van der Waals surface area contributed by atoms with Gasteiger partial charge in [-0.1, -0.05) is 337 Å². The molecule has 0 aliphatic heterocycles. The Kier molecular flexibility index (Phi) is 73.6. The predicted octanol–water partition coefficient (Wildman–Crippen LogP) is 25.6. The maximum Gasteiger partial charge on any atom is 0.472 e. The number of nitrogens with two attached hydrogens (primary N) is 1. The van der Waals surface area contributed by atoms with Crippen LogP contribution in [0.4, 0.5) is 0 Å². The zero-order valence-electron chi connectivity index (χ0n) is 60.3. The molecule has 0 aliphatic carbocycles. The van der Waals surface area contributed by atoms with Crippen molar-refractivity contribution >= 4 is 19.8 Å². The molecule has 0 fully saturated rings. The van der Waals surface area contributed by atoms with E-state index in [1.165, 1.54) is 116 Å². The van der Waals surface area contributed by atoms with Gasteiger partial charge in [-0.05, 0) is 141 Å². The normalized spacial score (nSPS) is 14.0. The van der Waals surface area contributed by atoms with Gasteiger partial charge in [-0.25, -0.2) is 4.57 Å². The van der Waals surface area contributed by atoms with Crippen LogP contribution in [0.5, 0.6) is 0 Å². The third-order valence-electron chi connectivity index (χ3n) is 15.5. The first kappa shape index (κ1) is 89.8. The van der Waals surface area contributed by atoms with Gasteiger partial charge in [-0.15, -0.1) is 0 Å². The Morgan fingerprint density at radius 1 is 0.316 bits per heavy atom. The molecule has 0 amide bonds. The number of ether oxygens (including phenoxy) is 2. The second-order valence-corrected chi connectivity index (χ2v) is 25.9. The second kappa shape index (κ2) is 77.9. The molecule has 3 N–H and O–H groups in total. The number of carbonyl (C=O) groups excluding carboxylic acids is 2. The maximum atomic E-state index is 12.8. The van der Waals surface area contributed by atoms with Crippen LogP contribution in [0, 0.1) is 0 Å². The van der Waals surface area contributed by atoms with E-state index in [0.717, 1.165) is 148 Å². The Labute approximate surface area is 583 Å². The highest BCUT2D eigenvalue weighted by Crippen LogP contribution is 2.43. The third kappa shape index (κ3) is 77.7. The summed E-state index contributed by atoms with van der Waals surface area (Å²) in [6, 6.07) is 0. The van der Waals surface area contributed by atoms with Crippen LogP contribution in [-0.2, 0) is 32.7 Å². The molecule has 0 aromatic carbocycles. The molecular weight excluding hydrogens is 1190 g/mol. The average Bonchev–Trinajstić information content (AvgIpc) is 2.75. The van der Waals surface area contributed by atoms with Crippen LogP contribution in [-0.4, -0.2) is 49.3 Å². The maximum absolute atomic E-state index is 12.8. The van der Waals surface area contributed by atoms with E-state index in [9.17, 15) is 19.0 Å². The summed E-state index contributed by atoms with van der Waals surface area (Å²) in [4.78, 5) is 35.4. The van der Waals surface area contributed by atoms with Gasteiger partial charge in [-0.2, -0.15) is 0 Å². The molecule has 2 atom stereocenters. The first-order chi connectivity index (χ1) is 46.8. The van der Waals surface area contributed by atoms with Crippen molar-refractivity contribution in [2.45, 2.75) is 302 Å². The van der Waals surface area contributed by atoms with Crippen molar-refractivity contribution in [3.8, 4) is 0 Å². The monoisotopic (exact) mass is 1330 g/mol. The Morgan fingerprint density at radius 3 is 0.811 bits per heavy atom. The van der Waals surface area contributed by atoms with Gasteiger partial charge in [0.2, 0.25) is 0 Å². The minimum absolute atomic E-state index is 0.0406. The lowest BCUT2D eigenvalue weighted by atomic mass is 10.0. The fraction of sp³-hybridized carbons (Fsp3) is 0.600. The summed E-state index contributed by atoms with van der Waals surface area (Å²) in [6.07, 6.45) is 118. The van der Waals surface area contributed by atoms with Crippen molar-refractivity contribution in [2.75, 3.05) is 26.4 Å². The van der Waals surface area contributed by atoms with E-state index in [1.54, 1.807) is 0 Å². The van der Waals surface area contributed by atoms with Gasteiger partial charge in [0.1, 0.15) is 6.61 Å². The van der Waals surface area contributed by atoms with Gasteiger partial charge in [0.25, 0.3) is 0 Å². The Hall–Kier alpha value is -5.15. The van der Waals surface area contributed by atoms with Crippen LogP contribution >= 0.6 is 7.82 Å². The third-order valence-corrected chi connectivity index (χ3v) is 16.5. The smallest absolute Gasteiger partial charge is 0.462 e. The summed E-state index contributed by atoms with van der Waals surface area (Å²) >= 11 is 0. The molecule has 0 bridgehead atoms. The topological polar surface area (TPSA) is 134 Å². The van der Waals surface area contributed by atoms with E-state index in [1.807, 2.05) is 0 Å². The molecule has 0 spiro atoms. The van der Waals surface area contributed by atoms with Crippen LogP contribution < -0.4 is 5.73 Å². The second-order valence-electron chi connectivity index (χ2n) is 24.4. The number of rotatable bonds is 69. The van der Waals surface area contributed by atoms with Crippen molar-refractivity contribution in [3.63, 3.8) is 0 Å². The van der Waals surface area contributed by atoms with Crippen LogP contribution in [0.2, 0.25) is 0 Å². The van der Waals surface area contributed by atoms with Crippen LogP contribution in [0.15, 0.2) is 194 Å². The Balaban J connectivity index is 3.97. The molecule has 95 heavy (non-hydrogen) atoms. The van der Waals surface area contributed by atoms with Crippen molar-refractivity contribution in [1.29, 1.82) is 0 Å². The highest BCUT2D eigenvalue weighted by Gasteiger charge is 2.26. The number of hydrogen-bond acceptors (Lipinski definition) is 8. The highest BCUT2D eigenvalue weighted by atomic mass is 31.2. The van der Waals surface area contributed by atoms with Crippen LogP contribution in [0.25, 0.3) is 0 Å². The lowest BCUT2D eigenvalue weighted by Crippen LogP contribution is -2.29. The number of unbranched alkanes of at least 4 members (excludes halogenated alkanes) is 24. The van der Waals surface area contributed by atoms with Crippen LogP contribution in [0.1, 0.15) is 296 Å². The molecule has 0 aliphatic rings. The summed E-state index contributed by atoms with van der Waals surface area (Å²) in [5, 5.41) is 0. The number of phosphoric acid groups is 1. The van der Waals surface area contributed by atoms with E-state index in [4.69, 9.17) is 24.3 Å². The van der Waals surface area contributed by atoms with Crippen molar-refractivity contribution in [1.82, 2.24) is 0 Å².